The molecule has 0 bridgehead atoms. The minimum absolute atomic E-state index is 0.0989. The van der Waals surface area contributed by atoms with Gasteiger partial charge in [0.25, 0.3) is 5.91 Å². The fourth-order valence-electron chi connectivity index (χ4n) is 2.55. The van der Waals surface area contributed by atoms with Crippen molar-refractivity contribution in [2.75, 3.05) is 25.3 Å². The van der Waals surface area contributed by atoms with E-state index >= 15 is 0 Å². The van der Waals surface area contributed by atoms with Crippen molar-refractivity contribution in [1.82, 2.24) is 0 Å². The number of hydrogen-bond donors (Lipinski definition) is 1. The van der Waals surface area contributed by atoms with E-state index in [1.165, 1.54) is 0 Å². The zero-order valence-corrected chi connectivity index (χ0v) is 14.8. The fourth-order valence-corrected chi connectivity index (χ4v) is 4.35. The Hall–Kier alpha value is -1.39. The molecule has 21 heavy (non-hydrogen) atoms. The lowest BCUT2D eigenvalue weighted by molar-refractivity contribution is -0.116. The Balaban J connectivity index is 3.05. The predicted molar refractivity (Wildman–Crippen MR) is 94.2 cm³/mol. The average Bonchev–Trinajstić information content (AvgIpc) is 2.38. The number of carbonyl (C=O) groups is 1. The van der Waals surface area contributed by atoms with Gasteiger partial charge in [0.15, 0.2) is 5.69 Å². The second-order valence-electron chi connectivity index (χ2n) is 6.48. The molecule has 1 atom stereocenters. The van der Waals surface area contributed by atoms with E-state index in [1.54, 1.807) is 0 Å². The van der Waals surface area contributed by atoms with Gasteiger partial charge < -0.3 is 5.32 Å². The van der Waals surface area contributed by atoms with E-state index in [4.69, 9.17) is 6.57 Å². The summed E-state index contributed by atoms with van der Waals surface area (Å²) in [6.45, 7) is 19.8. The van der Waals surface area contributed by atoms with Crippen LogP contribution in [0.15, 0.2) is 12.1 Å². The number of hydrogen-bond acceptors (Lipinski definition) is 1. The first-order valence-electron chi connectivity index (χ1n) is 7.31. The molecule has 3 nitrogen and oxygen atoms in total. The second kappa shape index (κ2) is 7.05. The first-order valence-corrected chi connectivity index (χ1v) is 10.5. The Labute approximate surface area is 129 Å². The highest BCUT2D eigenvalue weighted by Crippen LogP contribution is 2.54. The minimum Gasteiger partial charge on any atom is -0.322 e. The molecule has 1 N–H and O–H groups in total. The predicted octanol–water partition coefficient (Wildman–Crippen LogP) is 4.87. The summed E-state index contributed by atoms with van der Waals surface area (Å²) in [6, 6.07) is 3.66. The van der Waals surface area contributed by atoms with E-state index in [1.807, 2.05) is 26.0 Å². The molecule has 1 unspecified atom stereocenters. The fraction of sp³-hybridized carbons (Fsp3) is 0.529. The van der Waals surface area contributed by atoms with Gasteiger partial charge in [-0.1, -0.05) is 25.5 Å². The topological polar surface area (TPSA) is 33.5 Å². The maximum absolute atomic E-state index is 12.7. The third kappa shape index (κ3) is 4.55. The van der Waals surface area contributed by atoms with E-state index in [0.29, 0.717) is 5.69 Å². The van der Waals surface area contributed by atoms with E-state index in [-0.39, 0.29) is 11.6 Å². The second-order valence-corrected chi connectivity index (χ2v) is 11.3. The van der Waals surface area contributed by atoms with Gasteiger partial charge in [-0.05, 0) is 31.4 Å². The molecule has 0 saturated heterocycles. The van der Waals surface area contributed by atoms with Crippen molar-refractivity contribution in [3.05, 3.63) is 34.7 Å². The first kappa shape index (κ1) is 17.7. The number of nitrogens with zero attached hydrogens (tertiary/aromatic N) is 1. The van der Waals surface area contributed by atoms with Gasteiger partial charge in [0.2, 0.25) is 0 Å². The van der Waals surface area contributed by atoms with Crippen molar-refractivity contribution in [3.8, 4) is 0 Å². The highest BCUT2D eigenvalue weighted by Gasteiger charge is 2.37. The quantitative estimate of drug-likeness (QED) is 0.611. The molecular formula is C17H26N2OP+. The molecule has 0 aliphatic rings. The third-order valence-electron chi connectivity index (χ3n) is 3.69. The van der Waals surface area contributed by atoms with Gasteiger partial charge in [-0.2, -0.15) is 0 Å². The summed E-state index contributed by atoms with van der Waals surface area (Å²) in [6.07, 6.45) is 1.95. The summed E-state index contributed by atoms with van der Waals surface area (Å²) in [5.74, 6) is 0.124. The number of anilines is 1. The molecule has 1 aromatic carbocycles. The van der Waals surface area contributed by atoms with Crippen LogP contribution in [0.2, 0.25) is 0 Å². The summed E-state index contributed by atoms with van der Waals surface area (Å²) in [7, 11) is -1.24. The molecule has 0 aromatic heterocycles. The van der Waals surface area contributed by atoms with Crippen molar-refractivity contribution < 1.29 is 4.79 Å². The Morgan fingerprint density at radius 1 is 1.29 bits per heavy atom. The molecule has 4 heteroatoms. The Morgan fingerprint density at radius 3 is 2.19 bits per heavy atom. The van der Waals surface area contributed by atoms with Gasteiger partial charge in [-0.3, -0.25) is 4.79 Å². The third-order valence-corrected chi connectivity index (χ3v) is 6.06. The van der Waals surface area contributed by atoms with Gasteiger partial charge >= 0.3 is 0 Å². The summed E-state index contributed by atoms with van der Waals surface area (Å²) >= 11 is 0. The summed E-state index contributed by atoms with van der Waals surface area (Å²) in [5, 5.41) is 3.11. The SMILES string of the molecule is [C-]#[N+]c1cc(C)c(NC(=O)C(CCC)[P+](C)(C)C)c(C)c1. The number of carbonyl (C=O) groups excluding carboxylic acids is 1. The van der Waals surface area contributed by atoms with Crippen LogP contribution in [0.25, 0.3) is 4.85 Å². The number of benzene rings is 1. The molecule has 0 aliphatic heterocycles. The number of rotatable bonds is 5. The van der Waals surface area contributed by atoms with Crippen LogP contribution >= 0.6 is 7.26 Å². The van der Waals surface area contributed by atoms with Crippen LogP contribution in [-0.4, -0.2) is 31.6 Å². The van der Waals surface area contributed by atoms with Gasteiger partial charge in [0.05, 0.1) is 6.57 Å². The highest BCUT2D eigenvalue weighted by atomic mass is 31.2. The lowest BCUT2D eigenvalue weighted by atomic mass is 10.1. The van der Waals surface area contributed by atoms with Crippen LogP contribution in [0, 0.1) is 20.4 Å². The Kier molecular flexibility index (Phi) is 5.93. The van der Waals surface area contributed by atoms with Crippen molar-refractivity contribution in [1.29, 1.82) is 0 Å². The lowest BCUT2D eigenvalue weighted by Gasteiger charge is -2.24. The highest BCUT2D eigenvalue weighted by molar-refractivity contribution is 7.75. The molecule has 0 heterocycles. The van der Waals surface area contributed by atoms with Crippen LogP contribution in [0.3, 0.4) is 0 Å². The Bertz CT molecular complexity index is 544. The summed E-state index contributed by atoms with van der Waals surface area (Å²) in [4.78, 5) is 16.1. The zero-order valence-electron chi connectivity index (χ0n) is 13.9. The number of nitrogens with one attached hydrogen (secondary N) is 1. The van der Waals surface area contributed by atoms with Gasteiger partial charge in [0, 0.05) is 32.9 Å². The summed E-state index contributed by atoms with van der Waals surface area (Å²) in [5.41, 5.74) is 3.49. The molecule has 0 aliphatic carbocycles. The van der Waals surface area contributed by atoms with Crippen LogP contribution in [0.5, 0.6) is 0 Å². The molecule has 0 fully saturated rings. The largest absolute Gasteiger partial charge is 0.322 e. The van der Waals surface area contributed by atoms with Gasteiger partial charge in [0.1, 0.15) is 5.66 Å². The molecule has 114 valence electrons. The van der Waals surface area contributed by atoms with Crippen LogP contribution in [-0.2, 0) is 4.79 Å². The van der Waals surface area contributed by atoms with E-state index in [2.05, 4.69) is 37.1 Å². The van der Waals surface area contributed by atoms with Crippen molar-refractivity contribution in [3.63, 3.8) is 0 Å². The maximum Gasteiger partial charge on any atom is 0.265 e. The smallest absolute Gasteiger partial charge is 0.265 e. The Morgan fingerprint density at radius 2 is 1.81 bits per heavy atom. The van der Waals surface area contributed by atoms with Crippen LogP contribution < -0.4 is 5.32 Å². The number of aryl methyl sites for hydroxylation is 2. The first-order chi connectivity index (χ1) is 9.70. The van der Waals surface area contributed by atoms with Crippen LogP contribution in [0.1, 0.15) is 30.9 Å². The zero-order chi connectivity index (χ0) is 16.2. The van der Waals surface area contributed by atoms with Gasteiger partial charge in [-0.25, -0.2) is 4.85 Å². The summed E-state index contributed by atoms with van der Waals surface area (Å²) < 4.78 is 0. The molecule has 1 aromatic rings. The lowest BCUT2D eigenvalue weighted by Crippen LogP contribution is -2.30. The molecule has 1 amide bonds. The van der Waals surface area contributed by atoms with Crippen molar-refractivity contribution in [2.24, 2.45) is 0 Å². The molecule has 0 saturated carbocycles. The van der Waals surface area contributed by atoms with Gasteiger partial charge in [-0.15, -0.1) is 0 Å². The average molecular weight is 305 g/mol. The van der Waals surface area contributed by atoms with E-state index in [0.717, 1.165) is 29.7 Å². The molecular weight excluding hydrogens is 279 g/mol. The van der Waals surface area contributed by atoms with Crippen LogP contribution in [0.4, 0.5) is 11.4 Å². The molecule has 0 radical (unpaired) electrons. The van der Waals surface area contributed by atoms with Crippen molar-refractivity contribution in [2.45, 2.75) is 39.3 Å². The standard InChI is InChI=1S/C17H25N2OP/c1-8-9-15(21(5,6)7)17(20)19-16-12(2)10-14(18-4)11-13(16)3/h10-11,15H,8-9H2,1-3,5-7H3/p+1. The monoisotopic (exact) mass is 305 g/mol. The maximum atomic E-state index is 12.7. The van der Waals surface area contributed by atoms with E-state index < -0.39 is 7.26 Å². The minimum atomic E-state index is -1.24. The molecule has 0 spiro atoms. The van der Waals surface area contributed by atoms with E-state index in [9.17, 15) is 4.79 Å². The van der Waals surface area contributed by atoms with Crippen molar-refractivity contribution >= 4 is 24.5 Å². The molecule has 1 rings (SSSR count). The normalized spacial score (nSPS) is 12.6. The number of amides is 1.